The van der Waals surface area contributed by atoms with Gasteiger partial charge in [0, 0.05) is 18.0 Å². The fourth-order valence-electron chi connectivity index (χ4n) is 2.70. The van der Waals surface area contributed by atoms with Crippen LogP contribution in [0.1, 0.15) is 43.9 Å². The van der Waals surface area contributed by atoms with E-state index < -0.39 is 10.0 Å². The Morgan fingerprint density at radius 1 is 1.30 bits per heavy atom. The van der Waals surface area contributed by atoms with Gasteiger partial charge in [-0.15, -0.1) is 11.3 Å². The summed E-state index contributed by atoms with van der Waals surface area (Å²) in [5.74, 6) is 1.51. The van der Waals surface area contributed by atoms with Crippen LogP contribution in [0.25, 0.3) is 0 Å². The maximum Gasteiger partial charge on any atom is 0.250 e. The molecule has 1 aliphatic carbocycles. The molecule has 0 bridgehead atoms. The Hall–Kier alpha value is -0.430. The van der Waals surface area contributed by atoms with Crippen molar-refractivity contribution in [3.05, 3.63) is 17.0 Å². The summed E-state index contributed by atoms with van der Waals surface area (Å²) in [4.78, 5) is 0.895. The Morgan fingerprint density at radius 3 is 2.60 bits per heavy atom. The number of nitrogens with one attached hydrogen (secondary N) is 1. The summed E-state index contributed by atoms with van der Waals surface area (Å²) in [6.45, 7) is 3.22. The van der Waals surface area contributed by atoms with Crippen LogP contribution in [-0.4, -0.2) is 15.0 Å². The van der Waals surface area contributed by atoms with Crippen molar-refractivity contribution in [3.8, 4) is 0 Å². The van der Waals surface area contributed by atoms with E-state index in [2.05, 4.69) is 11.6 Å². The van der Waals surface area contributed by atoms with Crippen LogP contribution in [0.3, 0.4) is 0 Å². The van der Waals surface area contributed by atoms with Crippen LogP contribution in [0, 0.1) is 11.8 Å². The van der Waals surface area contributed by atoms with E-state index in [0.717, 1.165) is 17.2 Å². The van der Waals surface area contributed by atoms with E-state index in [9.17, 15) is 8.42 Å². The highest BCUT2D eigenvalue weighted by Crippen LogP contribution is 2.30. The van der Waals surface area contributed by atoms with E-state index in [1.165, 1.54) is 37.0 Å². The molecule has 0 aromatic carbocycles. The lowest BCUT2D eigenvalue weighted by molar-refractivity contribution is 0.278. The second kappa shape index (κ2) is 7.02. The molecule has 0 unspecified atom stereocenters. The van der Waals surface area contributed by atoms with Crippen LogP contribution in [0.4, 0.5) is 0 Å². The van der Waals surface area contributed by atoms with Gasteiger partial charge >= 0.3 is 0 Å². The molecule has 1 fully saturated rings. The van der Waals surface area contributed by atoms with Crippen LogP contribution in [0.5, 0.6) is 0 Å². The number of sulfonamides is 1. The smallest absolute Gasteiger partial charge is 0.250 e. The molecule has 6 heteroatoms. The van der Waals surface area contributed by atoms with E-state index >= 15 is 0 Å². The van der Waals surface area contributed by atoms with Gasteiger partial charge in [-0.05, 0) is 30.4 Å². The van der Waals surface area contributed by atoms with Gasteiger partial charge in [0.2, 0.25) is 10.0 Å². The van der Waals surface area contributed by atoms with Crippen molar-refractivity contribution in [3.63, 3.8) is 0 Å². The third-order valence-corrected chi connectivity index (χ3v) is 7.14. The lowest BCUT2D eigenvalue weighted by Gasteiger charge is -2.25. The summed E-state index contributed by atoms with van der Waals surface area (Å²) in [5, 5.41) is 0. The molecule has 1 aromatic rings. The summed E-state index contributed by atoms with van der Waals surface area (Å²) >= 11 is 1.25. The number of thiophene rings is 1. The van der Waals surface area contributed by atoms with Crippen molar-refractivity contribution in [2.75, 3.05) is 6.54 Å². The van der Waals surface area contributed by atoms with Crippen molar-refractivity contribution in [1.82, 2.24) is 4.72 Å². The molecule has 1 saturated carbocycles. The average Bonchev–Trinajstić information content (AvgIpc) is 2.90. The largest absolute Gasteiger partial charge is 0.326 e. The van der Waals surface area contributed by atoms with Crippen LogP contribution >= 0.6 is 11.3 Å². The average molecular weight is 316 g/mol. The Morgan fingerprint density at radius 2 is 2.00 bits per heavy atom. The third-order valence-electron chi connectivity index (χ3n) is 4.08. The normalized spacial score (nSPS) is 23.9. The quantitative estimate of drug-likeness (QED) is 0.847. The summed E-state index contributed by atoms with van der Waals surface area (Å²) < 4.78 is 27.3. The topological polar surface area (TPSA) is 72.2 Å². The first-order valence-corrected chi connectivity index (χ1v) is 9.59. The van der Waals surface area contributed by atoms with Crippen molar-refractivity contribution in [2.45, 2.75) is 49.8 Å². The zero-order valence-corrected chi connectivity index (χ0v) is 13.6. The first-order chi connectivity index (χ1) is 9.51. The lowest BCUT2D eigenvalue weighted by Crippen LogP contribution is -2.26. The fourth-order valence-corrected chi connectivity index (χ4v) is 5.03. The molecule has 0 saturated heterocycles. The van der Waals surface area contributed by atoms with Gasteiger partial charge in [0.1, 0.15) is 4.21 Å². The van der Waals surface area contributed by atoms with Gasteiger partial charge in [-0.25, -0.2) is 13.1 Å². The molecule has 1 heterocycles. The molecule has 1 aromatic heterocycles. The van der Waals surface area contributed by atoms with Gasteiger partial charge < -0.3 is 5.73 Å². The molecule has 2 rings (SSSR count). The third kappa shape index (κ3) is 4.28. The lowest BCUT2D eigenvalue weighted by atomic mass is 9.81. The van der Waals surface area contributed by atoms with Crippen molar-refractivity contribution in [1.29, 1.82) is 0 Å². The molecule has 0 aliphatic heterocycles. The molecule has 114 valence electrons. The van der Waals surface area contributed by atoms with E-state index in [0.29, 0.717) is 23.2 Å². The minimum Gasteiger partial charge on any atom is -0.326 e. The predicted octanol–water partition coefficient (Wildman–Crippen LogP) is 2.70. The summed E-state index contributed by atoms with van der Waals surface area (Å²) in [5.41, 5.74) is 5.51. The molecule has 0 amide bonds. The zero-order valence-electron chi connectivity index (χ0n) is 12.0. The highest BCUT2D eigenvalue weighted by molar-refractivity contribution is 7.91. The minimum absolute atomic E-state index is 0.371. The molecular weight excluding hydrogens is 292 g/mol. The van der Waals surface area contributed by atoms with Crippen LogP contribution in [0.2, 0.25) is 0 Å². The molecular formula is C14H24N2O2S2. The second-order valence-electron chi connectivity index (χ2n) is 5.74. The first-order valence-electron chi connectivity index (χ1n) is 7.29. The molecule has 4 nitrogen and oxygen atoms in total. The molecule has 0 radical (unpaired) electrons. The maximum absolute atomic E-state index is 12.1. The summed E-state index contributed by atoms with van der Waals surface area (Å²) in [7, 11) is -3.35. The van der Waals surface area contributed by atoms with E-state index in [-0.39, 0.29) is 0 Å². The van der Waals surface area contributed by atoms with Gasteiger partial charge in [-0.2, -0.15) is 0 Å². The number of hydrogen-bond donors (Lipinski definition) is 2. The zero-order chi connectivity index (χ0) is 14.6. The molecule has 0 atom stereocenters. The van der Waals surface area contributed by atoms with E-state index in [1.54, 1.807) is 12.1 Å². The van der Waals surface area contributed by atoms with Crippen molar-refractivity contribution >= 4 is 21.4 Å². The minimum atomic E-state index is -3.35. The molecule has 20 heavy (non-hydrogen) atoms. The number of rotatable bonds is 6. The SMILES string of the molecule is CC1CCC(CCNS(=O)(=O)c2ccc(CN)s2)CC1. The summed E-state index contributed by atoms with van der Waals surface area (Å²) in [6, 6.07) is 3.42. The van der Waals surface area contributed by atoms with Gasteiger partial charge in [0.25, 0.3) is 0 Å². The van der Waals surface area contributed by atoms with Crippen LogP contribution in [-0.2, 0) is 16.6 Å². The fraction of sp³-hybridized carbons (Fsp3) is 0.714. The second-order valence-corrected chi connectivity index (χ2v) is 8.90. The van der Waals surface area contributed by atoms with Gasteiger partial charge in [0.05, 0.1) is 0 Å². The van der Waals surface area contributed by atoms with E-state index in [4.69, 9.17) is 5.73 Å². The van der Waals surface area contributed by atoms with E-state index in [1.807, 2.05) is 0 Å². The Balaban J connectivity index is 1.80. The van der Waals surface area contributed by atoms with Crippen molar-refractivity contribution in [2.24, 2.45) is 17.6 Å². The van der Waals surface area contributed by atoms with Gasteiger partial charge in [-0.1, -0.05) is 32.6 Å². The van der Waals surface area contributed by atoms with Crippen molar-refractivity contribution < 1.29 is 8.42 Å². The standard InChI is InChI=1S/C14H24N2O2S2/c1-11-2-4-12(5-3-11)8-9-16-20(17,18)14-7-6-13(10-15)19-14/h6-7,11-12,16H,2-5,8-10,15H2,1H3. The van der Waals surface area contributed by atoms with Crippen LogP contribution < -0.4 is 10.5 Å². The molecule has 0 spiro atoms. The maximum atomic E-state index is 12.1. The Labute approximate surface area is 125 Å². The monoisotopic (exact) mass is 316 g/mol. The predicted molar refractivity (Wildman–Crippen MR) is 83.1 cm³/mol. The Kier molecular flexibility index (Phi) is 5.60. The Bertz CT molecular complexity index is 517. The highest BCUT2D eigenvalue weighted by Gasteiger charge is 2.20. The van der Waals surface area contributed by atoms with Crippen LogP contribution in [0.15, 0.2) is 16.3 Å². The number of nitrogens with two attached hydrogens (primary N) is 1. The molecule has 3 N–H and O–H groups in total. The molecule has 1 aliphatic rings. The first kappa shape index (κ1) is 15.9. The number of hydrogen-bond acceptors (Lipinski definition) is 4. The summed E-state index contributed by atoms with van der Waals surface area (Å²) in [6.07, 6.45) is 5.98. The van der Waals surface area contributed by atoms with Gasteiger partial charge in [0.15, 0.2) is 0 Å². The highest BCUT2D eigenvalue weighted by atomic mass is 32.2. The van der Waals surface area contributed by atoms with Gasteiger partial charge in [-0.3, -0.25) is 0 Å².